The molecule has 7 nitrogen and oxygen atoms in total. The summed E-state index contributed by atoms with van der Waals surface area (Å²) in [7, 11) is 0. The molecule has 3 N–H and O–H groups in total. The van der Waals surface area contributed by atoms with E-state index in [2.05, 4.69) is 25.8 Å². The van der Waals surface area contributed by atoms with Crippen molar-refractivity contribution in [1.82, 2.24) is 15.2 Å². The predicted octanol–water partition coefficient (Wildman–Crippen LogP) is 2.56. The summed E-state index contributed by atoms with van der Waals surface area (Å²) in [5.41, 5.74) is 1.67. The van der Waals surface area contributed by atoms with Gasteiger partial charge in [-0.3, -0.25) is 14.7 Å². The van der Waals surface area contributed by atoms with Crippen molar-refractivity contribution in [2.24, 2.45) is 5.92 Å². The van der Waals surface area contributed by atoms with Crippen molar-refractivity contribution in [3.05, 3.63) is 48.3 Å². The van der Waals surface area contributed by atoms with Crippen LogP contribution in [-0.4, -0.2) is 27.0 Å². The maximum absolute atomic E-state index is 12.4. The van der Waals surface area contributed by atoms with Crippen LogP contribution in [-0.2, 0) is 4.79 Å². The van der Waals surface area contributed by atoms with Gasteiger partial charge in [0.15, 0.2) is 5.69 Å². The molecular formula is C17H15N5O2. The Morgan fingerprint density at radius 2 is 1.92 bits per heavy atom. The van der Waals surface area contributed by atoms with Crippen molar-refractivity contribution < 1.29 is 9.59 Å². The highest BCUT2D eigenvalue weighted by Crippen LogP contribution is 2.30. The highest BCUT2D eigenvalue weighted by Gasteiger charge is 2.29. The SMILES string of the molecule is O=C(Nc1ccc(NC(=O)C2CC2)nc1)c1n[nH]c2ccccc12. The number of hydrogen-bond acceptors (Lipinski definition) is 4. The average Bonchev–Trinajstić information content (AvgIpc) is 3.36. The van der Waals surface area contributed by atoms with Crippen LogP contribution in [0.2, 0.25) is 0 Å². The average molecular weight is 321 g/mol. The van der Waals surface area contributed by atoms with Crippen LogP contribution in [0.3, 0.4) is 0 Å². The number of aromatic nitrogens is 3. The number of para-hydroxylation sites is 1. The van der Waals surface area contributed by atoms with Gasteiger partial charge >= 0.3 is 0 Å². The molecule has 7 heteroatoms. The van der Waals surface area contributed by atoms with E-state index in [1.54, 1.807) is 12.1 Å². The molecule has 3 aromatic rings. The predicted molar refractivity (Wildman–Crippen MR) is 89.6 cm³/mol. The third kappa shape index (κ3) is 2.83. The monoisotopic (exact) mass is 321 g/mol. The van der Waals surface area contributed by atoms with E-state index in [1.165, 1.54) is 6.20 Å². The van der Waals surface area contributed by atoms with E-state index in [1.807, 2.05) is 24.3 Å². The Morgan fingerprint density at radius 1 is 1.08 bits per heavy atom. The summed E-state index contributed by atoms with van der Waals surface area (Å²) in [6, 6.07) is 10.8. The molecule has 1 saturated carbocycles. The maximum Gasteiger partial charge on any atom is 0.276 e. The summed E-state index contributed by atoms with van der Waals surface area (Å²) < 4.78 is 0. The van der Waals surface area contributed by atoms with Crippen molar-refractivity contribution in [1.29, 1.82) is 0 Å². The highest BCUT2D eigenvalue weighted by molar-refractivity contribution is 6.11. The third-order valence-electron chi connectivity index (χ3n) is 3.91. The Hall–Kier alpha value is -3.22. The summed E-state index contributed by atoms with van der Waals surface area (Å²) >= 11 is 0. The zero-order chi connectivity index (χ0) is 16.5. The molecule has 0 radical (unpaired) electrons. The van der Waals surface area contributed by atoms with Crippen LogP contribution in [0.1, 0.15) is 23.3 Å². The molecule has 2 amide bonds. The molecule has 2 aromatic heterocycles. The van der Waals surface area contributed by atoms with Crippen LogP contribution in [0.15, 0.2) is 42.6 Å². The number of nitrogens with zero attached hydrogens (tertiary/aromatic N) is 2. The number of rotatable bonds is 4. The zero-order valence-electron chi connectivity index (χ0n) is 12.7. The number of hydrogen-bond donors (Lipinski definition) is 3. The molecule has 120 valence electrons. The largest absolute Gasteiger partial charge is 0.319 e. The number of fused-ring (bicyclic) bond motifs is 1. The number of carbonyl (C=O) groups excluding carboxylic acids is 2. The number of aromatic amines is 1. The van der Waals surface area contributed by atoms with E-state index in [0.717, 1.165) is 23.7 Å². The van der Waals surface area contributed by atoms with Crippen molar-refractivity contribution in [3.8, 4) is 0 Å². The Bertz CT molecular complexity index is 912. The van der Waals surface area contributed by atoms with Gasteiger partial charge in [0.2, 0.25) is 5.91 Å². The molecule has 1 aromatic carbocycles. The first-order valence-electron chi connectivity index (χ1n) is 7.72. The van der Waals surface area contributed by atoms with Crippen LogP contribution >= 0.6 is 0 Å². The lowest BCUT2D eigenvalue weighted by atomic mass is 10.2. The molecule has 1 aliphatic rings. The van der Waals surface area contributed by atoms with Crippen molar-refractivity contribution in [3.63, 3.8) is 0 Å². The first-order chi connectivity index (χ1) is 11.7. The van der Waals surface area contributed by atoms with Crippen molar-refractivity contribution >= 4 is 34.2 Å². The molecule has 0 unspecified atom stereocenters. The molecule has 1 fully saturated rings. The number of anilines is 2. The molecule has 24 heavy (non-hydrogen) atoms. The minimum absolute atomic E-state index is 0.00211. The van der Waals surface area contributed by atoms with Gasteiger partial charge in [0.05, 0.1) is 17.4 Å². The van der Waals surface area contributed by atoms with E-state index < -0.39 is 0 Å². The lowest BCUT2D eigenvalue weighted by molar-refractivity contribution is -0.117. The number of pyridine rings is 1. The molecule has 2 heterocycles. The Balaban J connectivity index is 1.46. The smallest absolute Gasteiger partial charge is 0.276 e. The molecule has 0 spiro atoms. The topological polar surface area (TPSA) is 99.8 Å². The molecule has 0 aliphatic heterocycles. The van der Waals surface area contributed by atoms with Gasteiger partial charge in [0, 0.05) is 11.3 Å². The fourth-order valence-corrected chi connectivity index (χ4v) is 2.44. The van der Waals surface area contributed by atoms with Crippen LogP contribution in [0.25, 0.3) is 10.9 Å². The lowest BCUT2D eigenvalue weighted by Crippen LogP contribution is -2.15. The van der Waals surface area contributed by atoms with Crippen LogP contribution in [0, 0.1) is 5.92 Å². The molecule has 0 atom stereocenters. The van der Waals surface area contributed by atoms with E-state index in [0.29, 0.717) is 17.2 Å². The standard InChI is InChI=1S/C17H15N5O2/c23-16(10-5-6-10)20-14-8-7-11(9-18-14)19-17(24)15-12-3-1-2-4-13(12)21-22-15/h1-4,7-10H,5-6H2,(H,19,24)(H,21,22)(H,18,20,23). The van der Waals surface area contributed by atoms with Gasteiger partial charge in [0.1, 0.15) is 5.82 Å². The fraction of sp³-hybridized carbons (Fsp3) is 0.176. The molecular weight excluding hydrogens is 306 g/mol. The van der Waals surface area contributed by atoms with Crippen LogP contribution in [0.5, 0.6) is 0 Å². The summed E-state index contributed by atoms with van der Waals surface area (Å²) in [5.74, 6) is 0.292. The van der Waals surface area contributed by atoms with Gasteiger partial charge in [-0.2, -0.15) is 5.10 Å². The Morgan fingerprint density at radius 3 is 2.67 bits per heavy atom. The van der Waals surface area contributed by atoms with Gasteiger partial charge < -0.3 is 10.6 Å². The lowest BCUT2D eigenvalue weighted by Gasteiger charge is -2.06. The quantitative estimate of drug-likeness (QED) is 0.687. The fourth-order valence-electron chi connectivity index (χ4n) is 2.44. The number of H-pyrrole nitrogens is 1. The first kappa shape index (κ1) is 14.4. The number of carbonyl (C=O) groups is 2. The molecule has 4 rings (SSSR count). The second-order valence-electron chi connectivity index (χ2n) is 5.77. The number of nitrogens with one attached hydrogen (secondary N) is 3. The van der Waals surface area contributed by atoms with Gasteiger partial charge in [0.25, 0.3) is 5.91 Å². The number of amides is 2. The summed E-state index contributed by atoms with van der Waals surface area (Å²) in [4.78, 5) is 28.2. The van der Waals surface area contributed by atoms with Gasteiger partial charge in [-0.25, -0.2) is 4.98 Å². The van der Waals surface area contributed by atoms with Gasteiger partial charge in [-0.15, -0.1) is 0 Å². The number of benzene rings is 1. The second kappa shape index (κ2) is 5.77. The molecule has 0 bridgehead atoms. The van der Waals surface area contributed by atoms with Crippen molar-refractivity contribution in [2.45, 2.75) is 12.8 Å². The highest BCUT2D eigenvalue weighted by atomic mass is 16.2. The van der Waals surface area contributed by atoms with Crippen LogP contribution < -0.4 is 10.6 Å². The minimum Gasteiger partial charge on any atom is -0.319 e. The van der Waals surface area contributed by atoms with Crippen LogP contribution in [0.4, 0.5) is 11.5 Å². The van der Waals surface area contributed by atoms with E-state index in [4.69, 9.17) is 0 Å². The molecule has 0 saturated heterocycles. The summed E-state index contributed by atoms with van der Waals surface area (Å²) in [6.07, 6.45) is 3.39. The minimum atomic E-state index is -0.316. The third-order valence-corrected chi connectivity index (χ3v) is 3.91. The summed E-state index contributed by atoms with van der Waals surface area (Å²) in [6.45, 7) is 0. The Labute approximate surface area is 137 Å². The van der Waals surface area contributed by atoms with E-state index >= 15 is 0 Å². The van der Waals surface area contributed by atoms with Gasteiger partial charge in [-0.1, -0.05) is 18.2 Å². The molecule has 1 aliphatic carbocycles. The Kier molecular flexibility index (Phi) is 3.45. The maximum atomic E-state index is 12.4. The zero-order valence-corrected chi connectivity index (χ0v) is 12.7. The van der Waals surface area contributed by atoms with E-state index in [-0.39, 0.29) is 17.7 Å². The van der Waals surface area contributed by atoms with Crippen molar-refractivity contribution in [2.75, 3.05) is 10.6 Å². The normalized spacial score (nSPS) is 13.7. The van der Waals surface area contributed by atoms with Gasteiger partial charge in [-0.05, 0) is 31.0 Å². The first-order valence-corrected chi connectivity index (χ1v) is 7.72. The van der Waals surface area contributed by atoms with E-state index in [9.17, 15) is 9.59 Å². The summed E-state index contributed by atoms with van der Waals surface area (Å²) in [5, 5.41) is 13.2. The second-order valence-corrected chi connectivity index (χ2v) is 5.77.